The maximum atomic E-state index is 14.0. The van der Waals surface area contributed by atoms with Gasteiger partial charge in [-0.25, -0.2) is 9.37 Å². The molecule has 4 rings (SSSR count). The standard InChI is InChI=1S/C21H13Cl2FN2O3/c1-28-19-14(8-11(22)9-15(19)23)20(27)25-12-6-7-18-17(10-12)26-21(29-18)13-4-2-3-5-16(13)24/h2-10H,1H3,(H,25,27). The van der Waals surface area contributed by atoms with Gasteiger partial charge in [0.15, 0.2) is 5.58 Å². The van der Waals surface area contributed by atoms with Crippen LogP contribution in [0.25, 0.3) is 22.6 Å². The van der Waals surface area contributed by atoms with E-state index in [9.17, 15) is 9.18 Å². The molecule has 146 valence electrons. The molecule has 0 saturated carbocycles. The van der Waals surface area contributed by atoms with Gasteiger partial charge >= 0.3 is 0 Å². The van der Waals surface area contributed by atoms with E-state index in [0.29, 0.717) is 21.8 Å². The molecular formula is C21H13Cl2FN2O3. The van der Waals surface area contributed by atoms with E-state index in [4.69, 9.17) is 32.4 Å². The highest BCUT2D eigenvalue weighted by Gasteiger charge is 2.18. The molecule has 0 fully saturated rings. The maximum absolute atomic E-state index is 14.0. The molecule has 0 radical (unpaired) electrons. The van der Waals surface area contributed by atoms with Crippen LogP contribution >= 0.6 is 23.2 Å². The van der Waals surface area contributed by atoms with Gasteiger partial charge < -0.3 is 14.5 Å². The molecule has 4 aromatic rings. The Hall–Kier alpha value is -3.09. The van der Waals surface area contributed by atoms with Gasteiger partial charge in [0.1, 0.15) is 17.1 Å². The zero-order valence-corrected chi connectivity index (χ0v) is 16.5. The Balaban J connectivity index is 1.66. The molecule has 0 spiro atoms. The van der Waals surface area contributed by atoms with Crippen molar-refractivity contribution < 1.29 is 18.3 Å². The second-order valence-corrected chi connectivity index (χ2v) is 6.95. The molecule has 0 aliphatic carbocycles. The summed E-state index contributed by atoms with van der Waals surface area (Å²) in [4.78, 5) is 17.0. The zero-order valence-electron chi connectivity index (χ0n) is 15.0. The lowest BCUT2D eigenvalue weighted by molar-refractivity contribution is 0.102. The third-order valence-corrected chi connectivity index (χ3v) is 4.71. The molecule has 0 atom stereocenters. The first-order valence-corrected chi connectivity index (χ1v) is 9.21. The molecule has 1 aromatic heterocycles. The van der Waals surface area contributed by atoms with Crippen molar-refractivity contribution in [2.75, 3.05) is 12.4 Å². The van der Waals surface area contributed by atoms with Crippen molar-refractivity contribution in [1.82, 2.24) is 4.98 Å². The van der Waals surface area contributed by atoms with Crippen molar-refractivity contribution >= 4 is 45.9 Å². The number of ether oxygens (including phenoxy) is 1. The van der Waals surface area contributed by atoms with Crippen LogP contribution in [0, 0.1) is 5.82 Å². The lowest BCUT2D eigenvalue weighted by atomic mass is 10.1. The van der Waals surface area contributed by atoms with E-state index in [1.165, 1.54) is 25.3 Å². The zero-order chi connectivity index (χ0) is 20.5. The SMILES string of the molecule is COc1c(Cl)cc(Cl)cc1C(=O)Nc1ccc2oc(-c3ccccc3F)nc2c1. The van der Waals surface area contributed by atoms with Crippen molar-refractivity contribution in [3.05, 3.63) is 76.0 Å². The number of nitrogens with zero attached hydrogens (tertiary/aromatic N) is 1. The quantitative estimate of drug-likeness (QED) is 0.418. The number of benzene rings is 3. The molecule has 0 bridgehead atoms. The first-order chi connectivity index (χ1) is 14.0. The first kappa shape index (κ1) is 19.2. The minimum atomic E-state index is -0.455. The minimum absolute atomic E-state index is 0.157. The van der Waals surface area contributed by atoms with E-state index in [0.717, 1.165) is 0 Å². The third-order valence-electron chi connectivity index (χ3n) is 4.21. The summed E-state index contributed by atoms with van der Waals surface area (Å²) < 4.78 is 24.8. The molecule has 1 amide bonds. The van der Waals surface area contributed by atoms with E-state index in [1.807, 2.05) is 0 Å². The number of aromatic nitrogens is 1. The molecule has 5 nitrogen and oxygen atoms in total. The second kappa shape index (κ2) is 7.73. The fourth-order valence-corrected chi connectivity index (χ4v) is 3.46. The van der Waals surface area contributed by atoms with Gasteiger partial charge in [-0.1, -0.05) is 35.3 Å². The smallest absolute Gasteiger partial charge is 0.259 e. The number of carbonyl (C=O) groups excluding carboxylic acids is 1. The molecule has 3 aromatic carbocycles. The van der Waals surface area contributed by atoms with Crippen molar-refractivity contribution in [2.45, 2.75) is 0 Å². The normalized spacial score (nSPS) is 10.9. The third kappa shape index (κ3) is 3.77. The Labute approximate surface area is 175 Å². The molecule has 0 aliphatic rings. The number of rotatable bonds is 4. The fraction of sp³-hybridized carbons (Fsp3) is 0.0476. The summed E-state index contributed by atoms with van der Waals surface area (Å²) in [6.07, 6.45) is 0. The van der Waals surface area contributed by atoms with E-state index in [1.54, 1.807) is 36.4 Å². The van der Waals surface area contributed by atoms with Crippen LogP contribution in [0.15, 0.2) is 59.0 Å². The van der Waals surface area contributed by atoms with Gasteiger partial charge in [-0.05, 0) is 42.5 Å². The van der Waals surface area contributed by atoms with Crippen LogP contribution in [-0.2, 0) is 0 Å². The van der Waals surface area contributed by atoms with Crippen LogP contribution in [0.4, 0.5) is 10.1 Å². The monoisotopic (exact) mass is 430 g/mol. The van der Waals surface area contributed by atoms with Gasteiger partial charge in [0.25, 0.3) is 5.91 Å². The van der Waals surface area contributed by atoms with Crippen LogP contribution in [0.2, 0.25) is 10.0 Å². The van der Waals surface area contributed by atoms with Crippen LogP contribution in [0.5, 0.6) is 5.75 Å². The van der Waals surface area contributed by atoms with Gasteiger partial charge in [0.05, 0.1) is 23.3 Å². The van der Waals surface area contributed by atoms with Gasteiger partial charge in [0, 0.05) is 10.7 Å². The summed E-state index contributed by atoms with van der Waals surface area (Å²) in [5.41, 5.74) is 1.85. The molecule has 1 heterocycles. The Morgan fingerprint density at radius 2 is 1.93 bits per heavy atom. The Morgan fingerprint density at radius 3 is 2.69 bits per heavy atom. The van der Waals surface area contributed by atoms with Crippen LogP contribution < -0.4 is 10.1 Å². The number of amides is 1. The summed E-state index contributed by atoms with van der Waals surface area (Å²) in [5.74, 6) is -0.510. The molecular weight excluding hydrogens is 418 g/mol. The summed E-state index contributed by atoms with van der Waals surface area (Å²) in [5, 5.41) is 3.28. The molecule has 1 N–H and O–H groups in total. The second-order valence-electron chi connectivity index (χ2n) is 6.10. The molecule has 0 aliphatic heterocycles. The van der Waals surface area contributed by atoms with Gasteiger partial charge in [-0.3, -0.25) is 4.79 Å². The average molecular weight is 431 g/mol. The molecule has 0 saturated heterocycles. The number of methoxy groups -OCH3 is 1. The van der Waals surface area contributed by atoms with E-state index >= 15 is 0 Å². The van der Waals surface area contributed by atoms with Crippen molar-refractivity contribution in [1.29, 1.82) is 0 Å². The summed E-state index contributed by atoms with van der Waals surface area (Å²) in [6.45, 7) is 0. The summed E-state index contributed by atoms with van der Waals surface area (Å²) in [6, 6.07) is 14.1. The topological polar surface area (TPSA) is 64.4 Å². The number of hydrogen-bond donors (Lipinski definition) is 1. The predicted molar refractivity (Wildman–Crippen MR) is 110 cm³/mol. The number of anilines is 1. The average Bonchev–Trinajstić information content (AvgIpc) is 3.10. The Morgan fingerprint density at radius 1 is 1.14 bits per heavy atom. The van der Waals surface area contributed by atoms with Gasteiger partial charge in [-0.15, -0.1) is 0 Å². The number of fused-ring (bicyclic) bond motifs is 1. The predicted octanol–water partition coefficient (Wildman–Crippen LogP) is 6.20. The number of oxazole rings is 1. The highest BCUT2D eigenvalue weighted by molar-refractivity contribution is 6.36. The van der Waals surface area contributed by atoms with Crippen molar-refractivity contribution in [2.24, 2.45) is 0 Å². The summed E-state index contributed by atoms with van der Waals surface area (Å²) in [7, 11) is 1.41. The minimum Gasteiger partial charge on any atom is -0.494 e. The highest BCUT2D eigenvalue weighted by atomic mass is 35.5. The van der Waals surface area contributed by atoms with Crippen LogP contribution in [0.3, 0.4) is 0 Å². The molecule has 8 heteroatoms. The Kier molecular flexibility index (Phi) is 5.13. The van der Waals surface area contributed by atoms with Crippen molar-refractivity contribution in [3.63, 3.8) is 0 Å². The molecule has 0 unspecified atom stereocenters. The summed E-state index contributed by atoms with van der Waals surface area (Å²) >= 11 is 12.1. The first-order valence-electron chi connectivity index (χ1n) is 8.46. The van der Waals surface area contributed by atoms with Gasteiger partial charge in [0.2, 0.25) is 5.89 Å². The van der Waals surface area contributed by atoms with Gasteiger partial charge in [-0.2, -0.15) is 0 Å². The number of halogens is 3. The van der Waals surface area contributed by atoms with Crippen molar-refractivity contribution in [3.8, 4) is 17.2 Å². The van der Waals surface area contributed by atoms with E-state index in [2.05, 4.69) is 10.3 Å². The van der Waals surface area contributed by atoms with Crippen LogP contribution in [0.1, 0.15) is 10.4 Å². The number of carbonyl (C=O) groups is 1. The Bertz CT molecular complexity index is 1240. The number of nitrogens with one attached hydrogen (secondary N) is 1. The lowest BCUT2D eigenvalue weighted by Crippen LogP contribution is -2.13. The van der Waals surface area contributed by atoms with Crippen LogP contribution in [-0.4, -0.2) is 18.0 Å². The number of hydrogen-bond acceptors (Lipinski definition) is 4. The molecule has 29 heavy (non-hydrogen) atoms. The van der Waals surface area contributed by atoms with E-state index in [-0.39, 0.29) is 27.8 Å². The fourth-order valence-electron chi connectivity index (χ4n) is 2.89. The van der Waals surface area contributed by atoms with E-state index < -0.39 is 11.7 Å². The largest absolute Gasteiger partial charge is 0.494 e. The highest BCUT2D eigenvalue weighted by Crippen LogP contribution is 2.33. The maximum Gasteiger partial charge on any atom is 0.259 e. The lowest BCUT2D eigenvalue weighted by Gasteiger charge is -2.11.